The van der Waals surface area contributed by atoms with Crippen molar-refractivity contribution in [3.63, 3.8) is 0 Å². The fourth-order valence-corrected chi connectivity index (χ4v) is 2.74. The van der Waals surface area contributed by atoms with Crippen molar-refractivity contribution in [1.82, 2.24) is 19.1 Å². The third-order valence-corrected chi connectivity index (χ3v) is 3.90. The van der Waals surface area contributed by atoms with Crippen LogP contribution in [0, 0.1) is 5.92 Å². The van der Waals surface area contributed by atoms with Gasteiger partial charge in [-0.3, -0.25) is 9.20 Å². The zero-order valence-corrected chi connectivity index (χ0v) is 11.7. The number of hydrogen-bond acceptors (Lipinski definition) is 4. The van der Waals surface area contributed by atoms with E-state index in [1.54, 1.807) is 29.3 Å². The first kappa shape index (κ1) is 13.8. The van der Waals surface area contributed by atoms with Gasteiger partial charge in [0.25, 0.3) is 0 Å². The van der Waals surface area contributed by atoms with Gasteiger partial charge >= 0.3 is 5.69 Å². The van der Waals surface area contributed by atoms with E-state index in [-0.39, 0.29) is 30.7 Å². The third kappa shape index (κ3) is 2.69. The van der Waals surface area contributed by atoms with Crippen LogP contribution in [0.4, 0.5) is 0 Å². The molecule has 0 radical (unpaired) electrons. The van der Waals surface area contributed by atoms with E-state index in [1.165, 1.54) is 9.08 Å². The van der Waals surface area contributed by atoms with Crippen molar-refractivity contribution in [2.45, 2.75) is 19.4 Å². The molecule has 7 nitrogen and oxygen atoms in total. The predicted octanol–water partition coefficient (Wildman–Crippen LogP) is -0.273. The van der Waals surface area contributed by atoms with Gasteiger partial charge < -0.3 is 10.0 Å². The highest BCUT2D eigenvalue weighted by molar-refractivity contribution is 5.76. The smallest absolute Gasteiger partial charge is 0.350 e. The van der Waals surface area contributed by atoms with Gasteiger partial charge in [0, 0.05) is 25.9 Å². The van der Waals surface area contributed by atoms with Crippen LogP contribution in [0.25, 0.3) is 5.65 Å². The fourth-order valence-electron chi connectivity index (χ4n) is 2.74. The molecule has 1 amide bonds. The number of aromatic nitrogens is 3. The highest BCUT2D eigenvalue weighted by Gasteiger charge is 2.24. The summed E-state index contributed by atoms with van der Waals surface area (Å²) in [5.41, 5.74) is 0.219. The van der Waals surface area contributed by atoms with Crippen molar-refractivity contribution >= 4 is 11.6 Å². The number of amides is 1. The molecule has 0 spiro atoms. The van der Waals surface area contributed by atoms with E-state index in [0.29, 0.717) is 18.7 Å². The first-order chi connectivity index (χ1) is 10.2. The minimum Gasteiger partial charge on any atom is -0.396 e. The molecule has 1 fully saturated rings. The van der Waals surface area contributed by atoms with E-state index in [1.807, 2.05) is 0 Å². The number of pyridine rings is 1. The first-order valence-electron chi connectivity index (χ1n) is 7.12. The normalized spacial score (nSPS) is 19.1. The van der Waals surface area contributed by atoms with E-state index in [2.05, 4.69) is 5.10 Å². The lowest BCUT2D eigenvalue weighted by molar-refractivity contribution is -0.134. The fraction of sp³-hybridized carbons (Fsp3) is 0.500. The lowest BCUT2D eigenvalue weighted by Gasteiger charge is -2.31. The third-order valence-electron chi connectivity index (χ3n) is 3.90. The van der Waals surface area contributed by atoms with Crippen LogP contribution in [0.15, 0.2) is 29.2 Å². The summed E-state index contributed by atoms with van der Waals surface area (Å²) in [4.78, 5) is 26.1. The van der Waals surface area contributed by atoms with Gasteiger partial charge in [0.2, 0.25) is 5.91 Å². The number of piperidine rings is 1. The zero-order chi connectivity index (χ0) is 14.8. The Kier molecular flexibility index (Phi) is 3.74. The number of hydrogen-bond donors (Lipinski definition) is 1. The highest BCUT2D eigenvalue weighted by atomic mass is 16.3. The van der Waals surface area contributed by atoms with E-state index in [0.717, 1.165) is 12.8 Å². The number of rotatable bonds is 3. The molecule has 7 heteroatoms. The molecule has 1 saturated heterocycles. The molecule has 112 valence electrons. The maximum atomic E-state index is 12.3. The number of fused-ring (bicyclic) bond motifs is 1. The van der Waals surface area contributed by atoms with Crippen molar-refractivity contribution in [2.75, 3.05) is 19.7 Å². The monoisotopic (exact) mass is 290 g/mol. The van der Waals surface area contributed by atoms with Crippen LogP contribution in [0.3, 0.4) is 0 Å². The Bertz CT molecular complexity index is 706. The molecule has 1 N–H and O–H groups in total. The summed E-state index contributed by atoms with van der Waals surface area (Å²) in [6.45, 7) is 1.27. The standard InChI is InChI=1S/C14H18N4O3/c19-10-11-4-3-6-16(8-11)13(20)9-18-14(21)17-7-2-1-5-12(17)15-18/h1-2,5,7,11,19H,3-4,6,8-10H2. The number of nitrogens with zero attached hydrogens (tertiary/aromatic N) is 4. The van der Waals surface area contributed by atoms with Crippen LogP contribution < -0.4 is 5.69 Å². The van der Waals surface area contributed by atoms with Crippen molar-refractivity contribution in [3.8, 4) is 0 Å². The number of aliphatic hydroxyl groups is 1. The number of aliphatic hydroxyl groups excluding tert-OH is 1. The Labute approximate surface area is 121 Å². The first-order valence-corrected chi connectivity index (χ1v) is 7.12. The molecule has 1 atom stereocenters. The summed E-state index contributed by atoms with van der Waals surface area (Å²) in [7, 11) is 0. The lowest BCUT2D eigenvalue weighted by Crippen LogP contribution is -2.43. The molecular formula is C14H18N4O3. The molecular weight excluding hydrogens is 272 g/mol. The minimum absolute atomic E-state index is 0.0569. The van der Waals surface area contributed by atoms with Crippen molar-refractivity contribution in [2.24, 2.45) is 5.92 Å². The Morgan fingerprint density at radius 3 is 3.05 bits per heavy atom. The molecule has 1 unspecified atom stereocenters. The summed E-state index contributed by atoms with van der Waals surface area (Å²) in [5.74, 6) is 0.0131. The maximum absolute atomic E-state index is 12.3. The number of likely N-dealkylation sites (tertiary alicyclic amines) is 1. The van der Waals surface area contributed by atoms with Crippen LogP contribution in [-0.2, 0) is 11.3 Å². The van der Waals surface area contributed by atoms with Gasteiger partial charge in [0.15, 0.2) is 5.65 Å². The van der Waals surface area contributed by atoms with Crippen LogP contribution in [0.1, 0.15) is 12.8 Å². The maximum Gasteiger partial charge on any atom is 0.350 e. The molecule has 2 aromatic rings. The van der Waals surface area contributed by atoms with E-state index in [9.17, 15) is 14.7 Å². The topological polar surface area (TPSA) is 79.8 Å². The minimum atomic E-state index is -0.310. The van der Waals surface area contributed by atoms with Gasteiger partial charge in [-0.15, -0.1) is 5.10 Å². The molecule has 1 aliphatic heterocycles. The Hall–Kier alpha value is -2.15. The molecule has 3 heterocycles. The van der Waals surface area contributed by atoms with Crippen LogP contribution >= 0.6 is 0 Å². The van der Waals surface area contributed by atoms with Gasteiger partial charge in [-0.2, -0.15) is 0 Å². The van der Waals surface area contributed by atoms with Crippen LogP contribution in [-0.4, -0.2) is 49.8 Å². The van der Waals surface area contributed by atoms with E-state index < -0.39 is 0 Å². The second-order valence-corrected chi connectivity index (χ2v) is 5.40. The lowest BCUT2D eigenvalue weighted by atomic mass is 9.99. The van der Waals surface area contributed by atoms with Crippen LogP contribution in [0.5, 0.6) is 0 Å². The number of carbonyl (C=O) groups is 1. The zero-order valence-electron chi connectivity index (χ0n) is 11.7. The summed E-state index contributed by atoms with van der Waals surface area (Å²) < 4.78 is 2.61. The summed E-state index contributed by atoms with van der Waals surface area (Å²) in [5, 5.41) is 13.4. The molecule has 0 aromatic carbocycles. The molecule has 0 aliphatic carbocycles. The number of carbonyl (C=O) groups excluding carboxylic acids is 1. The average Bonchev–Trinajstić information content (AvgIpc) is 2.84. The summed E-state index contributed by atoms with van der Waals surface area (Å²) >= 11 is 0. The van der Waals surface area contributed by atoms with Gasteiger partial charge in [-0.25, -0.2) is 9.48 Å². The molecule has 3 rings (SSSR count). The molecule has 21 heavy (non-hydrogen) atoms. The highest BCUT2D eigenvalue weighted by Crippen LogP contribution is 2.15. The van der Waals surface area contributed by atoms with Gasteiger partial charge in [-0.05, 0) is 30.9 Å². The Morgan fingerprint density at radius 2 is 2.29 bits per heavy atom. The van der Waals surface area contributed by atoms with Crippen LogP contribution in [0.2, 0.25) is 0 Å². The van der Waals surface area contributed by atoms with Gasteiger partial charge in [0.1, 0.15) is 6.54 Å². The summed E-state index contributed by atoms with van der Waals surface area (Å²) in [6.07, 6.45) is 3.46. The molecule has 0 bridgehead atoms. The van der Waals surface area contributed by atoms with Crippen molar-refractivity contribution < 1.29 is 9.90 Å². The van der Waals surface area contributed by atoms with Gasteiger partial charge in [-0.1, -0.05) is 6.07 Å². The largest absolute Gasteiger partial charge is 0.396 e. The average molecular weight is 290 g/mol. The Morgan fingerprint density at radius 1 is 1.43 bits per heavy atom. The second kappa shape index (κ2) is 5.69. The van der Waals surface area contributed by atoms with Crippen molar-refractivity contribution in [1.29, 1.82) is 0 Å². The van der Waals surface area contributed by atoms with Crippen molar-refractivity contribution in [3.05, 3.63) is 34.9 Å². The molecule has 1 aliphatic rings. The second-order valence-electron chi connectivity index (χ2n) is 5.40. The molecule has 0 saturated carbocycles. The molecule has 2 aromatic heterocycles. The van der Waals surface area contributed by atoms with Gasteiger partial charge in [0.05, 0.1) is 0 Å². The predicted molar refractivity (Wildman–Crippen MR) is 75.8 cm³/mol. The summed E-state index contributed by atoms with van der Waals surface area (Å²) in [6, 6.07) is 5.27. The van der Waals surface area contributed by atoms with E-state index >= 15 is 0 Å². The quantitative estimate of drug-likeness (QED) is 0.843. The Balaban J connectivity index is 1.77. The SMILES string of the molecule is O=C(Cn1nc2ccccn2c1=O)N1CCCC(CO)C1. The van der Waals surface area contributed by atoms with E-state index in [4.69, 9.17) is 0 Å².